The number of rotatable bonds is 7. The minimum absolute atomic E-state index is 0. The quantitative estimate of drug-likeness (QED) is 0.321. The number of aliphatic imine (C=N–C) groups is 1. The van der Waals surface area contributed by atoms with Crippen LogP contribution in [0.1, 0.15) is 21.1 Å². The molecule has 0 aliphatic heterocycles. The number of guanidine groups is 1. The van der Waals surface area contributed by atoms with E-state index in [0.717, 1.165) is 22.7 Å². The molecule has 2 aromatic rings. The molecule has 28 heavy (non-hydrogen) atoms. The van der Waals surface area contributed by atoms with Gasteiger partial charge in [0, 0.05) is 31.4 Å². The number of hydrogen-bond acceptors (Lipinski definition) is 4. The smallest absolute Gasteiger partial charge is 0.422 e. The maximum absolute atomic E-state index is 12.2. The van der Waals surface area contributed by atoms with E-state index in [2.05, 4.69) is 27.5 Å². The van der Waals surface area contributed by atoms with Crippen molar-refractivity contribution in [3.63, 3.8) is 0 Å². The highest BCUT2D eigenvalue weighted by atomic mass is 127. The Morgan fingerprint density at radius 3 is 2.61 bits per heavy atom. The lowest BCUT2D eigenvalue weighted by Gasteiger charge is -2.13. The minimum Gasteiger partial charge on any atom is -0.484 e. The molecule has 0 spiro atoms. The first-order valence-electron chi connectivity index (χ1n) is 8.43. The van der Waals surface area contributed by atoms with Crippen LogP contribution in [-0.2, 0) is 13.0 Å². The largest absolute Gasteiger partial charge is 0.484 e. The summed E-state index contributed by atoms with van der Waals surface area (Å²) in [5.41, 5.74) is 1.86. The van der Waals surface area contributed by atoms with E-state index in [1.54, 1.807) is 30.5 Å². The lowest BCUT2D eigenvalue weighted by molar-refractivity contribution is -0.153. The molecule has 5 nitrogen and oxygen atoms in total. The maximum atomic E-state index is 12.2. The molecule has 0 bridgehead atoms. The lowest BCUT2D eigenvalue weighted by atomic mass is 10.2. The van der Waals surface area contributed by atoms with Gasteiger partial charge < -0.3 is 15.4 Å². The Balaban J connectivity index is 0.00000392. The molecule has 0 saturated heterocycles. The zero-order valence-corrected chi connectivity index (χ0v) is 19.0. The molecule has 0 aliphatic rings. The molecule has 0 atom stereocenters. The normalized spacial score (nSPS) is 11.7. The summed E-state index contributed by atoms with van der Waals surface area (Å²) in [5.74, 6) is 0.797. The Kier molecular flexibility index (Phi) is 10.0. The van der Waals surface area contributed by atoms with Gasteiger partial charge in [0.05, 0.1) is 10.7 Å². The number of benzene rings is 1. The summed E-state index contributed by atoms with van der Waals surface area (Å²) in [6.45, 7) is 3.84. The fourth-order valence-electron chi connectivity index (χ4n) is 2.25. The molecule has 1 aromatic carbocycles. The first-order chi connectivity index (χ1) is 12.8. The van der Waals surface area contributed by atoms with Crippen LogP contribution in [0.5, 0.6) is 5.75 Å². The van der Waals surface area contributed by atoms with Crippen LogP contribution in [0.25, 0.3) is 0 Å². The number of alkyl halides is 3. The van der Waals surface area contributed by atoms with Crippen LogP contribution in [0.4, 0.5) is 13.2 Å². The van der Waals surface area contributed by atoms with E-state index in [4.69, 9.17) is 4.74 Å². The summed E-state index contributed by atoms with van der Waals surface area (Å²) in [5, 5.41) is 7.41. The van der Waals surface area contributed by atoms with Gasteiger partial charge in [0.1, 0.15) is 5.75 Å². The van der Waals surface area contributed by atoms with Crippen molar-refractivity contribution in [2.45, 2.75) is 33.0 Å². The Hall–Kier alpha value is -1.56. The fraction of sp³-hybridized carbons (Fsp3) is 0.444. The van der Waals surface area contributed by atoms with Crippen molar-refractivity contribution in [1.29, 1.82) is 0 Å². The van der Waals surface area contributed by atoms with E-state index in [1.165, 1.54) is 10.9 Å². The third kappa shape index (κ3) is 8.63. The van der Waals surface area contributed by atoms with Crippen molar-refractivity contribution in [2.24, 2.45) is 4.99 Å². The Bertz CT molecular complexity index is 761. The van der Waals surface area contributed by atoms with E-state index in [9.17, 15) is 13.2 Å². The SMILES string of the molecule is CN=C(NCCc1nc(C)c(C)s1)NCc1cccc(OCC(F)(F)F)c1.I. The average Bonchev–Trinajstić information content (AvgIpc) is 2.93. The van der Waals surface area contributed by atoms with E-state index in [0.29, 0.717) is 19.0 Å². The van der Waals surface area contributed by atoms with Gasteiger partial charge in [-0.1, -0.05) is 12.1 Å². The molecule has 2 rings (SSSR count). The van der Waals surface area contributed by atoms with Crippen LogP contribution in [0.15, 0.2) is 29.3 Å². The summed E-state index contributed by atoms with van der Waals surface area (Å²) in [4.78, 5) is 9.86. The Morgan fingerprint density at radius 2 is 2.00 bits per heavy atom. The van der Waals surface area contributed by atoms with Gasteiger partial charge in [-0.05, 0) is 31.5 Å². The second kappa shape index (κ2) is 11.4. The summed E-state index contributed by atoms with van der Waals surface area (Å²) < 4.78 is 41.5. The first kappa shape index (κ1) is 24.5. The van der Waals surface area contributed by atoms with Gasteiger partial charge in [-0.3, -0.25) is 4.99 Å². The molecule has 156 valence electrons. The van der Waals surface area contributed by atoms with Crippen molar-refractivity contribution >= 4 is 41.3 Å². The molecule has 2 N–H and O–H groups in total. The van der Waals surface area contributed by atoms with Crippen LogP contribution in [-0.4, -0.2) is 37.3 Å². The van der Waals surface area contributed by atoms with E-state index >= 15 is 0 Å². The van der Waals surface area contributed by atoms with E-state index in [1.807, 2.05) is 13.0 Å². The van der Waals surface area contributed by atoms with Crippen molar-refractivity contribution < 1.29 is 17.9 Å². The second-order valence-corrected chi connectivity index (χ2v) is 7.19. The van der Waals surface area contributed by atoms with Crippen molar-refractivity contribution in [3.8, 4) is 5.75 Å². The summed E-state index contributed by atoms with van der Waals surface area (Å²) >= 11 is 1.69. The number of halogens is 4. The zero-order valence-electron chi connectivity index (χ0n) is 15.9. The molecule has 0 amide bonds. The Labute approximate surface area is 183 Å². The van der Waals surface area contributed by atoms with Crippen LogP contribution < -0.4 is 15.4 Å². The van der Waals surface area contributed by atoms with Gasteiger partial charge in [0.15, 0.2) is 12.6 Å². The van der Waals surface area contributed by atoms with Gasteiger partial charge in [-0.25, -0.2) is 4.98 Å². The summed E-state index contributed by atoms with van der Waals surface area (Å²) in [6.07, 6.45) is -3.56. The molecular weight excluding hydrogens is 504 g/mol. The molecule has 0 aliphatic carbocycles. The maximum Gasteiger partial charge on any atom is 0.422 e. The van der Waals surface area contributed by atoms with Gasteiger partial charge in [-0.15, -0.1) is 35.3 Å². The number of thiazole rings is 1. The molecule has 0 radical (unpaired) electrons. The molecule has 1 heterocycles. The topological polar surface area (TPSA) is 58.5 Å². The van der Waals surface area contributed by atoms with Crippen molar-refractivity contribution in [1.82, 2.24) is 15.6 Å². The molecule has 1 aromatic heterocycles. The highest BCUT2D eigenvalue weighted by Gasteiger charge is 2.28. The van der Waals surface area contributed by atoms with E-state index < -0.39 is 12.8 Å². The number of aromatic nitrogens is 1. The predicted molar refractivity (Wildman–Crippen MR) is 117 cm³/mol. The average molecular weight is 528 g/mol. The number of hydrogen-bond donors (Lipinski definition) is 2. The van der Waals surface area contributed by atoms with Crippen LogP contribution >= 0.6 is 35.3 Å². The van der Waals surface area contributed by atoms with E-state index in [-0.39, 0.29) is 29.7 Å². The molecule has 10 heteroatoms. The fourth-order valence-corrected chi connectivity index (χ4v) is 3.18. The monoisotopic (exact) mass is 528 g/mol. The number of aryl methyl sites for hydroxylation is 2. The lowest BCUT2D eigenvalue weighted by Crippen LogP contribution is -2.37. The molecular formula is C18H24F3IN4OS. The van der Waals surface area contributed by atoms with Crippen molar-refractivity contribution in [2.75, 3.05) is 20.2 Å². The van der Waals surface area contributed by atoms with Gasteiger partial charge in [-0.2, -0.15) is 13.2 Å². The van der Waals surface area contributed by atoms with Crippen LogP contribution in [0, 0.1) is 13.8 Å². The van der Waals surface area contributed by atoms with Crippen LogP contribution in [0.3, 0.4) is 0 Å². The van der Waals surface area contributed by atoms with Gasteiger partial charge in [0.2, 0.25) is 0 Å². The third-order valence-corrected chi connectivity index (χ3v) is 4.82. The van der Waals surface area contributed by atoms with Crippen LogP contribution in [0.2, 0.25) is 0 Å². The standard InChI is InChI=1S/C18H23F3N4OS.HI/c1-12-13(2)27-16(25-12)7-8-23-17(22-3)24-10-14-5-4-6-15(9-14)26-11-18(19,20)21;/h4-6,9H,7-8,10-11H2,1-3H3,(H2,22,23,24);1H. The highest BCUT2D eigenvalue weighted by Crippen LogP contribution is 2.19. The first-order valence-corrected chi connectivity index (χ1v) is 9.24. The molecule has 0 unspecified atom stereocenters. The highest BCUT2D eigenvalue weighted by molar-refractivity contribution is 14.0. The summed E-state index contributed by atoms with van der Waals surface area (Å²) in [7, 11) is 1.66. The molecule has 0 fully saturated rings. The van der Waals surface area contributed by atoms with Crippen molar-refractivity contribution in [3.05, 3.63) is 45.4 Å². The number of nitrogens with one attached hydrogen (secondary N) is 2. The summed E-state index contributed by atoms with van der Waals surface area (Å²) in [6, 6.07) is 6.54. The minimum atomic E-state index is -4.35. The number of ether oxygens (including phenoxy) is 1. The molecule has 0 saturated carbocycles. The second-order valence-electron chi connectivity index (χ2n) is 5.90. The Morgan fingerprint density at radius 1 is 1.25 bits per heavy atom. The zero-order chi connectivity index (χ0) is 19.9. The number of nitrogens with zero attached hydrogens (tertiary/aromatic N) is 2. The van der Waals surface area contributed by atoms with Gasteiger partial charge in [0.25, 0.3) is 0 Å². The van der Waals surface area contributed by atoms with Gasteiger partial charge >= 0.3 is 6.18 Å². The predicted octanol–water partition coefficient (Wildman–Crippen LogP) is 4.23. The third-order valence-electron chi connectivity index (χ3n) is 3.69.